The lowest BCUT2D eigenvalue weighted by Crippen LogP contribution is -2.46. The Balaban J connectivity index is 1.66. The molecular weight excluding hydrogens is 348 g/mol. The van der Waals surface area contributed by atoms with Gasteiger partial charge in [-0.05, 0) is 49.4 Å². The van der Waals surface area contributed by atoms with Crippen LogP contribution in [0.5, 0.6) is 0 Å². The second kappa shape index (κ2) is 7.90. The normalized spacial score (nSPS) is 19.0. The Kier molecular flexibility index (Phi) is 5.33. The van der Waals surface area contributed by atoms with Crippen LogP contribution in [-0.2, 0) is 5.41 Å². The smallest absolute Gasteiger partial charge is 0.251 e. The van der Waals surface area contributed by atoms with Gasteiger partial charge in [0.15, 0.2) is 0 Å². The SMILES string of the molecule is CCC1(CC)CNC(=O)c2ccc(-c3ccnc(NC4CCCCC4)n3)cc21. The molecule has 2 heterocycles. The van der Waals surface area contributed by atoms with E-state index in [4.69, 9.17) is 4.98 Å². The Bertz CT molecular complexity index is 853. The number of aromatic nitrogens is 2. The third kappa shape index (κ3) is 3.50. The summed E-state index contributed by atoms with van der Waals surface area (Å²) in [5, 5.41) is 6.58. The molecule has 5 nitrogen and oxygen atoms in total. The average Bonchev–Trinajstić information content (AvgIpc) is 2.75. The quantitative estimate of drug-likeness (QED) is 0.792. The fourth-order valence-electron chi connectivity index (χ4n) is 4.68. The highest BCUT2D eigenvalue weighted by molar-refractivity contribution is 5.98. The molecule has 4 rings (SSSR count). The van der Waals surface area contributed by atoms with E-state index in [2.05, 4.69) is 35.5 Å². The highest BCUT2D eigenvalue weighted by Crippen LogP contribution is 2.38. The zero-order chi connectivity index (χ0) is 19.6. The van der Waals surface area contributed by atoms with E-state index >= 15 is 0 Å². The molecule has 1 aliphatic carbocycles. The van der Waals surface area contributed by atoms with Gasteiger partial charge in [0.1, 0.15) is 0 Å². The molecule has 148 valence electrons. The molecule has 1 aliphatic heterocycles. The molecular formula is C23H30N4O. The van der Waals surface area contributed by atoms with Gasteiger partial charge in [0.25, 0.3) is 5.91 Å². The van der Waals surface area contributed by atoms with E-state index in [1.807, 2.05) is 24.4 Å². The molecule has 2 aliphatic rings. The van der Waals surface area contributed by atoms with Crippen LogP contribution in [0.4, 0.5) is 5.95 Å². The zero-order valence-corrected chi connectivity index (χ0v) is 16.9. The number of anilines is 1. The van der Waals surface area contributed by atoms with Crippen LogP contribution in [0.2, 0.25) is 0 Å². The topological polar surface area (TPSA) is 66.9 Å². The van der Waals surface area contributed by atoms with Gasteiger partial charge in [-0.2, -0.15) is 0 Å². The summed E-state index contributed by atoms with van der Waals surface area (Å²) in [6.45, 7) is 5.11. The largest absolute Gasteiger partial charge is 0.351 e. The molecule has 1 amide bonds. The Morgan fingerprint density at radius 3 is 2.68 bits per heavy atom. The fourth-order valence-corrected chi connectivity index (χ4v) is 4.68. The van der Waals surface area contributed by atoms with Crippen molar-refractivity contribution in [2.45, 2.75) is 70.3 Å². The minimum Gasteiger partial charge on any atom is -0.351 e. The summed E-state index contributed by atoms with van der Waals surface area (Å²) in [7, 11) is 0. The molecule has 2 aromatic rings. The highest BCUT2D eigenvalue weighted by atomic mass is 16.1. The van der Waals surface area contributed by atoms with Crippen LogP contribution in [0, 0.1) is 0 Å². The van der Waals surface area contributed by atoms with Crippen LogP contribution in [-0.4, -0.2) is 28.5 Å². The summed E-state index contributed by atoms with van der Waals surface area (Å²) >= 11 is 0. The second-order valence-corrected chi connectivity index (χ2v) is 8.18. The maximum absolute atomic E-state index is 12.4. The Morgan fingerprint density at radius 2 is 1.93 bits per heavy atom. The van der Waals surface area contributed by atoms with Gasteiger partial charge in [0, 0.05) is 35.3 Å². The van der Waals surface area contributed by atoms with Crippen molar-refractivity contribution in [1.29, 1.82) is 0 Å². The first-order chi connectivity index (χ1) is 13.6. The molecule has 1 saturated carbocycles. The third-order valence-corrected chi connectivity index (χ3v) is 6.67. The predicted octanol–water partition coefficient (Wildman–Crippen LogP) is 4.69. The van der Waals surface area contributed by atoms with Gasteiger partial charge in [-0.3, -0.25) is 4.79 Å². The number of hydrogen-bond donors (Lipinski definition) is 2. The zero-order valence-electron chi connectivity index (χ0n) is 16.9. The molecule has 0 radical (unpaired) electrons. The monoisotopic (exact) mass is 378 g/mol. The lowest BCUT2D eigenvalue weighted by molar-refractivity contribution is 0.0921. The number of nitrogens with one attached hydrogen (secondary N) is 2. The number of benzene rings is 1. The third-order valence-electron chi connectivity index (χ3n) is 6.67. The van der Waals surface area contributed by atoms with E-state index in [0.717, 1.165) is 35.2 Å². The number of hydrogen-bond acceptors (Lipinski definition) is 4. The van der Waals surface area contributed by atoms with Crippen LogP contribution in [0.25, 0.3) is 11.3 Å². The molecule has 2 N–H and O–H groups in total. The van der Waals surface area contributed by atoms with E-state index in [1.54, 1.807) is 0 Å². The molecule has 0 saturated heterocycles. The number of amides is 1. The maximum Gasteiger partial charge on any atom is 0.251 e. The van der Waals surface area contributed by atoms with Crippen LogP contribution < -0.4 is 10.6 Å². The van der Waals surface area contributed by atoms with Crippen molar-refractivity contribution in [3.8, 4) is 11.3 Å². The number of carbonyl (C=O) groups excluding carboxylic acids is 1. The van der Waals surface area contributed by atoms with Crippen LogP contribution >= 0.6 is 0 Å². The Hall–Kier alpha value is -2.43. The van der Waals surface area contributed by atoms with Crippen molar-refractivity contribution in [3.63, 3.8) is 0 Å². The summed E-state index contributed by atoms with van der Waals surface area (Å²) in [5.41, 5.74) is 3.90. The first kappa shape index (κ1) is 18.9. The van der Waals surface area contributed by atoms with Gasteiger partial charge < -0.3 is 10.6 Å². The molecule has 1 aromatic heterocycles. The predicted molar refractivity (Wildman–Crippen MR) is 113 cm³/mol. The van der Waals surface area contributed by atoms with E-state index in [1.165, 1.54) is 32.1 Å². The van der Waals surface area contributed by atoms with E-state index < -0.39 is 0 Å². The molecule has 0 spiro atoms. The van der Waals surface area contributed by atoms with Crippen LogP contribution in [0.3, 0.4) is 0 Å². The van der Waals surface area contributed by atoms with Gasteiger partial charge in [-0.25, -0.2) is 9.97 Å². The number of nitrogens with zero attached hydrogens (tertiary/aromatic N) is 2. The van der Waals surface area contributed by atoms with E-state index in [0.29, 0.717) is 18.5 Å². The van der Waals surface area contributed by atoms with Gasteiger partial charge >= 0.3 is 0 Å². The summed E-state index contributed by atoms with van der Waals surface area (Å²) in [6, 6.07) is 8.57. The number of carbonyl (C=O) groups is 1. The standard InChI is InChI=1S/C23H30N4O/c1-3-23(4-2)15-25-21(28)18-11-10-16(14-19(18)23)20-12-13-24-22(27-20)26-17-8-6-5-7-9-17/h10-14,17H,3-9,15H2,1-2H3,(H,25,28)(H,24,26,27). The minimum absolute atomic E-state index is 0.00450. The van der Waals surface area contributed by atoms with Crippen LogP contribution in [0.15, 0.2) is 30.5 Å². The van der Waals surface area contributed by atoms with Crippen LogP contribution in [0.1, 0.15) is 74.7 Å². The van der Waals surface area contributed by atoms with Crippen molar-refractivity contribution in [2.75, 3.05) is 11.9 Å². The number of fused-ring (bicyclic) bond motifs is 1. The molecule has 5 heteroatoms. The maximum atomic E-state index is 12.4. The fraction of sp³-hybridized carbons (Fsp3) is 0.522. The average molecular weight is 379 g/mol. The van der Waals surface area contributed by atoms with Gasteiger partial charge in [-0.1, -0.05) is 39.2 Å². The molecule has 28 heavy (non-hydrogen) atoms. The van der Waals surface area contributed by atoms with Gasteiger partial charge in [0.05, 0.1) is 5.69 Å². The lowest BCUT2D eigenvalue weighted by atomic mass is 9.71. The van der Waals surface area contributed by atoms with Crippen molar-refractivity contribution >= 4 is 11.9 Å². The van der Waals surface area contributed by atoms with Crippen molar-refractivity contribution in [3.05, 3.63) is 41.6 Å². The Morgan fingerprint density at radius 1 is 1.14 bits per heavy atom. The summed E-state index contributed by atoms with van der Waals surface area (Å²) in [4.78, 5) is 21.6. The first-order valence-electron chi connectivity index (χ1n) is 10.7. The van der Waals surface area contributed by atoms with Crippen molar-refractivity contribution in [1.82, 2.24) is 15.3 Å². The Labute approximate surface area is 167 Å². The molecule has 0 bridgehead atoms. The lowest BCUT2D eigenvalue weighted by Gasteiger charge is -2.38. The van der Waals surface area contributed by atoms with E-state index in [9.17, 15) is 4.79 Å². The molecule has 1 aromatic carbocycles. The van der Waals surface area contributed by atoms with E-state index in [-0.39, 0.29) is 11.3 Å². The summed E-state index contributed by atoms with van der Waals surface area (Å²) < 4.78 is 0. The highest BCUT2D eigenvalue weighted by Gasteiger charge is 2.36. The second-order valence-electron chi connectivity index (χ2n) is 8.18. The summed E-state index contributed by atoms with van der Waals surface area (Å²) in [5.74, 6) is 0.735. The van der Waals surface area contributed by atoms with Crippen molar-refractivity contribution < 1.29 is 4.79 Å². The number of rotatable bonds is 5. The molecule has 0 unspecified atom stereocenters. The van der Waals surface area contributed by atoms with Crippen molar-refractivity contribution in [2.24, 2.45) is 0 Å². The first-order valence-corrected chi connectivity index (χ1v) is 10.7. The minimum atomic E-state index is -0.00450. The molecule has 1 fully saturated rings. The molecule has 0 atom stereocenters. The summed E-state index contributed by atoms with van der Waals surface area (Å²) in [6.07, 6.45) is 10.1. The van der Waals surface area contributed by atoms with Gasteiger partial charge in [0.2, 0.25) is 5.95 Å². The van der Waals surface area contributed by atoms with Gasteiger partial charge in [-0.15, -0.1) is 0 Å².